The normalized spacial score (nSPS) is 12.8. The minimum absolute atomic E-state index is 0.0827. The fourth-order valence-electron chi connectivity index (χ4n) is 2.22. The van der Waals surface area contributed by atoms with Gasteiger partial charge in [-0.2, -0.15) is 0 Å². The second kappa shape index (κ2) is 6.99. The van der Waals surface area contributed by atoms with Crippen LogP contribution in [0, 0.1) is 0 Å². The fourth-order valence-corrected chi connectivity index (χ4v) is 3.17. The Labute approximate surface area is 151 Å². The van der Waals surface area contributed by atoms with Crippen LogP contribution in [0.2, 0.25) is 10.0 Å². The number of hydrogen-bond donors (Lipinski definition) is 1. The summed E-state index contributed by atoms with van der Waals surface area (Å²) >= 11 is 15.6. The van der Waals surface area contributed by atoms with E-state index in [-0.39, 0.29) is 12.3 Å². The Morgan fingerprint density at radius 1 is 1.13 bits per heavy atom. The minimum Gasteiger partial charge on any atom is -0.486 e. The molecular weight excluding hydrogens is 405 g/mol. The molecule has 1 aliphatic heterocycles. The van der Waals surface area contributed by atoms with Crippen LogP contribution in [0.4, 0.5) is 5.69 Å². The molecule has 1 heterocycles. The molecule has 120 valence electrons. The Kier molecular flexibility index (Phi) is 4.99. The van der Waals surface area contributed by atoms with Crippen LogP contribution in [0.3, 0.4) is 0 Å². The van der Waals surface area contributed by atoms with Gasteiger partial charge >= 0.3 is 0 Å². The number of benzene rings is 2. The maximum absolute atomic E-state index is 12.3. The number of anilines is 1. The SMILES string of the molecule is O=C(Cc1c(Cl)cccc1Cl)Nc1cc2c(cc1Br)OCCO2. The number of ether oxygens (including phenoxy) is 2. The highest BCUT2D eigenvalue weighted by atomic mass is 79.9. The van der Waals surface area contributed by atoms with E-state index in [1.807, 2.05) is 0 Å². The first-order valence-corrected chi connectivity index (χ1v) is 8.41. The van der Waals surface area contributed by atoms with E-state index < -0.39 is 0 Å². The van der Waals surface area contributed by atoms with Crippen molar-refractivity contribution in [2.75, 3.05) is 18.5 Å². The first-order valence-electron chi connectivity index (χ1n) is 6.86. The summed E-state index contributed by atoms with van der Waals surface area (Å²) in [6, 6.07) is 8.65. The molecule has 0 aliphatic carbocycles. The summed E-state index contributed by atoms with van der Waals surface area (Å²) in [6.45, 7) is 0.993. The van der Waals surface area contributed by atoms with E-state index in [9.17, 15) is 4.79 Å². The predicted molar refractivity (Wildman–Crippen MR) is 93.9 cm³/mol. The van der Waals surface area contributed by atoms with E-state index in [4.69, 9.17) is 32.7 Å². The monoisotopic (exact) mass is 415 g/mol. The number of hydrogen-bond acceptors (Lipinski definition) is 3. The van der Waals surface area contributed by atoms with Gasteiger partial charge in [-0.15, -0.1) is 0 Å². The lowest BCUT2D eigenvalue weighted by Crippen LogP contribution is -2.18. The second-order valence-corrected chi connectivity index (χ2v) is 6.57. The average Bonchev–Trinajstić information content (AvgIpc) is 2.52. The number of nitrogens with one attached hydrogen (secondary N) is 1. The second-order valence-electron chi connectivity index (χ2n) is 4.90. The van der Waals surface area contributed by atoms with E-state index in [0.29, 0.717) is 50.5 Å². The Hall–Kier alpha value is -1.43. The van der Waals surface area contributed by atoms with Crippen molar-refractivity contribution in [3.05, 3.63) is 50.4 Å². The van der Waals surface area contributed by atoms with Crippen molar-refractivity contribution in [1.82, 2.24) is 0 Å². The van der Waals surface area contributed by atoms with Gasteiger partial charge in [0.2, 0.25) is 5.91 Å². The van der Waals surface area contributed by atoms with Crippen molar-refractivity contribution in [3.8, 4) is 11.5 Å². The molecule has 0 fully saturated rings. The molecule has 0 saturated carbocycles. The maximum Gasteiger partial charge on any atom is 0.228 e. The van der Waals surface area contributed by atoms with Crippen molar-refractivity contribution < 1.29 is 14.3 Å². The topological polar surface area (TPSA) is 47.6 Å². The number of halogens is 3. The molecule has 0 bridgehead atoms. The van der Waals surface area contributed by atoms with Crippen molar-refractivity contribution in [2.24, 2.45) is 0 Å². The van der Waals surface area contributed by atoms with E-state index in [1.54, 1.807) is 30.3 Å². The van der Waals surface area contributed by atoms with Gasteiger partial charge in [-0.3, -0.25) is 4.79 Å². The van der Waals surface area contributed by atoms with Crippen LogP contribution in [0.15, 0.2) is 34.8 Å². The van der Waals surface area contributed by atoms with Crippen LogP contribution in [-0.2, 0) is 11.2 Å². The van der Waals surface area contributed by atoms with Crippen molar-refractivity contribution in [3.63, 3.8) is 0 Å². The Bertz CT molecular complexity index is 747. The molecule has 0 unspecified atom stereocenters. The summed E-state index contributed by atoms with van der Waals surface area (Å²) in [4.78, 5) is 12.3. The maximum atomic E-state index is 12.3. The van der Waals surface area contributed by atoms with Crippen LogP contribution < -0.4 is 14.8 Å². The van der Waals surface area contributed by atoms with Gasteiger partial charge in [0.1, 0.15) is 13.2 Å². The van der Waals surface area contributed by atoms with Gasteiger partial charge in [0, 0.05) is 26.7 Å². The molecule has 1 N–H and O–H groups in total. The molecule has 3 rings (SSSR count). The zero-order valence-electron chi connectivity index (χ0n) is 11.9. The van der Waals surface area contributed by atoms with Gasteiger partial charge < -0.3 is 14.8 Å². The molecule has 0 radical (unpaired) electrons. The lowest BCUT2D eigenvalue weighted by Gasteiger charge is -2.20. The van der Waals surface area contributed by atoms with Gasteiger partial charge in [0.25, 0.3) is 0 Å². The third-order valence-electron chi connectivity index (χ3n) is 3.30. The fraction of sp³-hybridized carbons (Fsp3) is 0.188. The molecule has 2 aromatic rings. The number of fused-ring (bicyclic) bond motifs is 1. The first-order chi connectivity index (χ1) is 11.0. The molecule has 0 atom stereocenters. The lowest BCUT2D eigenvalue weighted by molar-refractivity contribution is -0.115. The van der Waals surface area contributed by atoms with Crippen molar-refractivity contribution >= 4 is 50.7 Å². The predicted octanol–water partition coefficient (Wildman–Crippen LogP) is 4.71. The first kappa shape index (κ1) is 16.4. The Morgan fingerprint density at radius 3 is 2.39 bits per heavy atom. The van der Waals surface area contributed by atoms with Gasteiger partial charge in [0.05, 0.1) is 12.1 Å². The Balaban J connectivity index is 1.78. The molecule has 1 aliphatic rings. The Morgan fingerprint density at radius 2 is 1.74 bits per heavy atom. The summed E-state index contributed by atoms with van der Waals surface area (Å²) in [5, 5.41) is 3.76. The molecule has 0 spiro atoms. The van der Waals surface area contributed by atoms with Gasteiger partial charge in [-0.05, 0) is 33.6 Å². The lowest BCUT2D eigenvalue weighted by atomic mass is 10.1. The summed E-state index contributed by atoms with van der Waals surface area (Å²) in [7, 11) is 0. The van der Waals surface area contributed by atoms with E-state index in [1.165, 1.54) is 0 Å². The van der Waals surface area contributed by atoms with Gasteiger partial charge in [-0.1, -0.05) is 29.3 Å². The number of amides is 1. The summed E-state index contributed by atoms with van der Waals surface area (Å²) in [6.07, 6.45) is 0.0827. The van der Waals surface area contributed by atoms with Crippen LogP contribution in [-0.4, -0.2) is 19.1 Å². The molecule has 4 nitrogen and oxygen atoms in total. The molecular formula is C16H12BrCl2NO3. The largest absolute Gasteiger partial charge is 0.486 e. The standard InChI is InChI=1S/C16H12BrCl2NO3/c17-10-7-14-15(23-5-4-22-14)8-13(10)20-16(21)6-9-11(18)2-1-3-12(9)19/h1-3,7-8H,4-6H2,(H,20,21). The molecule has 0 aromatic heterocycles. The smallest absolute Gasteiger partial charge is 0.228 e. The molecule has 23 heavy (non-hydrogen) atoms. The van der Waals surface area contributed by atoms with Gasteiger partial charge in [-0.25, -0.2) is 0 Å². The number of carbonyl (C=O) groups excluding carboxylic acids is 1. The van der Waals surface area contributed by atoms with E-state index in [2.05, 4.69) is 21.2 Å². The van der Waals surface area contributed by atoms with Crippen molar-refractivity contribution in [1.29, 1.82) is 0 Å². The third-order valence-corrected chi connectivity index (χ3v) is 4.67. The summed E-state index contributed by atoms with van der Waals surface area (Å²) in [5.74, 6) is 1.03. The number of rotatable bonds is 3. The molecule has 0 saturated heterocycles. The van der Waals surface area contributed by atoms with Crippen molar-refractivity contribution in [2.45, 2.75) is 6.42 Å². The highest BCUT2D eigenvalue weighted by molar-refractivity contribution is 9.10. The molecule has 2 aromatic carbocycles. The van der Waals surface area contributed by atoms with Crippen LogP contribution >= 0.6 is 39.1 Å². The third kappa shape index (κ3) is 3.74. The molecule has 7 heteroatoms. The number of carbonyl (C=O) groups is 1. The quantitative estimate of drug-likeness (QED) is 0.788. The van der Waals surface area contributed by atoms with Crippen LogP contribution in [0.1, 0.15) is 5.56 Å². The van der Waals surface area contributed by atoms with Gasteiger partial charge in [0.15, 0.2) is 11.5 Å². The summed E-state index contributed by atoms with van der Waals surface area (Å²) < 4.78 is 11.7. The zero-order chi connectivity index (χ0) is 16.4. The minimum atomic E-state index is -0.225. The highest BCUT2D eigenvalue weighted by Gasteiger charge is 2.17. The van der Waals surface area contributed by atoms with E-state index in [0.717, 1.165) is 0 Å². The molecule has 1 amide bonds. The summed E-state index contributed by atoms with van der Waals surface area (Å²) in [5.41, 5.74) is 1.20. The highest BCUT2D eigenvalue weighted by Crippen LogP contribution is 2.38. The zero-order valence-corrected chi connectivity index (χ0v) is 15.0. The average molecular weight is 417 g/mol. The van der Waals surface area contributed by atoms with Crippen LogP contribution in [0.25, 0.3) is 0 Å². The van der Waals surface area contributed by atoms with E-state index >= 15 is 0 Å². The van der Waals surface area contributed by atoms with Crippen LogP contribution in [0.5, 0.6) is 11.5 Å².